The van der Waals surface area contributed by atoms with Crippen molar-refractivity contribution in [1.82, 2.24) is 4.90 Å². The number of likely N-dealkylation sites (tertiary alicyclic amines) is 1. The monoisotopic (exact) mass is 222 g/mol. The first-order valence-corrected chi connectivity index (χ1v) is 7.30. The van der Waals surface area contributed by atoms with E-state index in [2.05, 4.69) is 4.90 Å². The summed E-state index contributed by atoms with van der Waals surface area (Å²) in [6.45, 7) is 2.51. The molecule has 1 heterocycles. The SMILES string of the molecule is NC1(CN2CCCC2C2CCCC2)CCC1. The van der Waals surface area contributed by atoms with E-state index in [0.29, 0.717) is 0 Å². The van der Waals surface area contributed by atoms with Crippen LogP contribution < -0.4 is 5.73 Å². The van der Waals surface area contributed by atoms with Crippen LogP contribution in [0.15, 0.2) is 0 Å². The quantitative estimate of drug-likeness (QED) is 0.795. The van der Waals surface area contributed by atoms with Gasteiger partial charge in [0.2, 0.25) is 0 Å². The Kier molecular flexibility index (Phi) is 2.97. The van der Waals surface area contributed by atoms with Crippen molar-refractivity contribution in [2.45, 2.75) is 69.4 Å². The Hall–Kier alpha value is -0.0800. The van der Waals surface area contributed by atoms with Gasteiger partial charge in [-0.15, -0.1) is 0 Å². The number of hydrogen-bond donors (Lipinski definition) is 1. The Morgan fingerprint density at radius 1 is 1.00 bits per heavy atom. The molecule has 2 aliphatic carbocycles. The van der Waals surface area contributed by atoms with E-state index in [1.807, 2.05) is 0 Å². The molecule has 2 nitrogen and oxygen atoms in total. The van der Waals surface area contributed by atoms with E-state index in [4.69, 9.17) is 5.73 Å². The molecule has 0 aromatic rings. The van der Waals surface area contributed by atoms with Gasteiger partial charge in [0.1, 0.15) is 0 Å². The molecular weight excluding hydrogens is 196 g/mol. The van der Waals surface area contributed by atoms with Crippen molar-refractivity contribution in [2.24, 2.45) is 11.7 Å². The fourth-order valence-electron chi connectivity index (χ4n) is 4.12. The first-order chi connectivity index (χ1) is 7.77. The van der Waals surface area contributed by atoms with Crippen LogP contribution in [0.3, 0.4) is 0 Å². The number of rotatable bonds is 3. The van der Waals surface area contributed by atoms with Crippen LogP contribution >= 0.6 is 0 Å². The summed E-state index contributed by atoms with van der Waals surface area (Å²) in [4.78, 5) is 2.75. The van der Waals surface area contributed by atoms with Crippen LogP contribution in [-0.2, 0) is 0 Å². The number of hydrogen-bond acceptors (Lipinski definition) is 2. The van der Waals surface area contributed by atoms with Crippen LogP contribution in [0.5, 0.6) is 0 Å². The summed E-state index contributed by atoms with van der Waals surface area (Å²) in [7, 11) is 0. The second kappa shape index (κ2) is 4.30. The zero-order valence-electron chi connectivity index (χ0n) is 10.5. The molecule has 0 radical (unpaired) electrons. The standard InChI is InChI=1S/C14H26N2/c15-14(8-4-9-14)11-16-10-3-7-13(16)12-5-1-2-6-12/h12-13H,1-11,15H2. The van der Waals surface area contributed by atoms with Crippen molar-refractivity contribution in [3.63, 3.8) is 0 Å². The molecule has 3 rings (SSSR count). The van der Waals surface area contributed by atoms with Gasteiger partial charge in [-0.25, -0.2) is 0 Å². The largest absolute Gasteiger partial charge is 0.324 e. The Labute approximate surface area is 99.6 Å². The lowest BCUT2D eigenvalue weighted by molar-refractivity contribution is 0.111. The Morgan fingerprint density at radius 3 is 2.38 bits per heavy atom. The van der Waals surface area contributed by atoms with Crippen molar-refractivity contribution in [2.75, 3.05) is 13.1 Å². The maximum atomic E-state index is 6.40. The van der Waals surface area contributed by atoms with Crippen molar-refractivity contribution in [3.8, 4) is 0 Å². The van der Waals surface area contributed by atoms with Gasteiger partial charge in [-0.2, -0.15) is 0 Å². The molecule has 1 saturated heterocycles. The van der Waals surface area contributed by atoms with Gasteiger partial charge in [-0.3, -0.25) is 4.90 Å². The van der Waals surface area contributed by atoms with Gasteiger partial charge in [0.15, 0.2) is 0 Å². The Bertz CT molecular complexity index is 241. The van der Waals surface area contributed by atoms with E-state index in [1.54, 1.807) is 0 Å². The topological polar surface area (TPSA) is 29.3 Å². The molecule has 92 valence electrons. The summed E-state index contributed by atoms with van der Waals surface area (Å²) in [5.41, 5.74) is 6.60. The molecule has 16 heavy (non-hydrogen) atoms. The molecule has 0 aromatic heterocycles. The van der Waals surface area contributed by atoms with E-state index in [0.717, 1.165) is 12.0 Å². The van der Waals surface area contributed by atoms with Crippen LogP contribution in [0.4, 0.5) is 0 Å². The lowest BCUT2D eigenvalue weighted by atomic mass is 9.77. The lowest BCUT2D eigenvalue weighted by Crippen LogP contribution is -2.56. The van der Waals surface area contributed by atoms with E-state index in [-0.39, 0.29) is 5.54 Å². The van der Waals surface area contributed by atoms with Gasteiger partial charge < -0.3 is 5.73 Å². The summed E-state index contributed by atoms with van der Waals surface area (Å²) >= 11 is 0. The van der Waals surface area contributed by atoms with Gasteiger partial charge in [-0.05, 0) is 57.4 Å². The highest BCUT2D eigenvalue weighted by molar-refractivity contribution is 4.98. The highest BCUT2D eigenvalue weighted by Gasteiger charge is 2.40. The highest BCUT2D eigenvalue weighted by Crippen LogP contribution is 2.38. The molecule has 2 N–H and O–H groups in total. The molecule has 1 atom stereocenters. The third kappa shape index (κ3) is 2.02. The average Bonchev–Trinajstić information content (AvgIpc) is 2.83. The van der Waals surface area contributed by atoms with Crippen LogP contribution in [-0.4, -0.2) is 29.6 Å². The Morgan fingerprint density at radius 2 is 1.75 bits per heavy atom. The third-order valence-corrected chi connectivity index (χ3v) is 5.23. The molecular formula is C14H26N2. The predicted octanol–water partition coefficient (Wildman–Crippen LogP) is 2.52. The summed E-state index contributed by atoms with van der Waals surface area (Å²) in [5.74, 6) is 1.01. The fraction of sp³-hybridized carbons (Fsp3) is 1.00. The second-order valence-corrected chi connectivity index (χ2v) is 6.44. The number of nitrogens with zero attached hydrogens (tertiary/aromatic N) is 1. The first-order valence-electron chi connectivity index (χ1n) is 7.30. The average molecular weight is 222 g/mol. The summed E-state index contributed by atoms with van der Waals surface area (Å²) < 4.78 is 0. The third-order valence-electron chi connectivity index (χ3n) is 5.23. The van der Waals surface area contributed by atoms with Crippen molar-refractivity contribution in [1.29, 1.82) is 0 Å². The zero-order chi connectivity index (χ0) is 11.0. The minimum atomic E-state index is 0.196. The van der Waals surface area contributed by atoms with E-state index in [1.165, 1.54) is 70.9 Å². The molecule has 0 bridgehead atoms. The van der Waals surface area contributed by atoms with Crippen LogP contribution in [0.1, 0.15) is 57.8 Å². The van der Waals surface area contributed by atoms with Crippen molar-refractivity contribution < 1.29 is 0 Å². The zero-order valence-corrected chi connectivity index (χ0v) is 10.5. The van der Waals surface area contributed by atoms with Gasteiger partial charge >= 0.3 is 0 Å². The molecule has 1 unspecified atom stereocenters. The molecule has 2 saturated carbocycles. The van der Waals surface area contributed by atoms with Crippen molar-refractivity contribution >= 4 is 0 Å². The maximum absolute atomic E-state index is 6.40. The highest BCUT2D eigenvalue weighted by atomic mass is 15.2. The minimum absolute atomic E-state index is 0.196. The molecule has 3 fully saturated rings. The summed E-state index contributed by atoms with van der Waals surface area (Å²) in [6.07, 6.45) is 12.7. The second-order valence-electron chi connectivity index (χ2n) is 6.44. The van der Waals surface area contributed by atoms with Crippen LogP contribution in [0, 0.1) is 5.92 Å². The van der Waals surface area contributed by atoms with Gasteiger partial charge in [0.05, 0.1) is 0 Å². The number of nitrogens with two attached hydrogens (primary N) is 1. The molecule has 1 aliphatic heterocycles. The normalized spacial score (nSPS) is 35.4. The predicted molar refractivity (Wildman–Crippen MR) is 67.3 cm³/mol. The molecule has 3 aliphatic rings. The fourth-order valence-corrected chi connectivity index (χ4v) is 4.12. The molecule has 2 heteroatoms. The smallest absolute Gasteiger partial charge is 0.0283 e. The molecule has 0 amide bonds. The summed E-state index contributed by atoms with van der Waals surface area (Å²) in [6, 6.07) is 0.892. The maximum Gasteiger partial charge on any atom is 0.0283 e. The molecule has 0 spiro atoms. The van der Waals surface area contributed by atoms with Gasteiger partial charge in [0.25, 0.3) is 0 Å². The van der Waals surface area contributed by atoms with E-state index in [9.17, 15) is 0 Å². The minimum Gasteiger partial charge on any atom is -0.324 e. The van der Waals surface area contributed by atoms with E-state index >= 15 is 0 Å². The van der Waals surface area contributed by atoms with Crippen LogP contribution in [0.25, 0.3) is 0 Å². The van der Waals surface area contributed by atoms with Gasteiger partial charge in [0, 0.05) is 18.1 Å². The Balaban J connectivity index is 1.60. The molecule has 0 aromatic carbocycles. The summed E-state index contributed by atoms with van der Waals surface area (Å²) in [5, 5.41) is 0. The lowest BCUT2D eigenvalue weighted by Gasteiger charge is -2.43. The van der Waals surface area contributed by atoms with E-state index < -0.39 is 0 Å². The van der Waals surface area contributed by atoms with Crippen LogP contribution in [0.2, 0.25) is 0 Å². The first kappa shape index (κ1) is 11.0. The van der Waals surface area contributed by atoms with Gasteiger partial charge in [-0.1, -0.05) is 12.8 Å². The van der Waals surface area contributed by atoms with Crippen molar-refractivity contribution in [3.05, 3.63) is 0 Å².